The van der Waals surface area contributed by atoms with Crippen molar-refractivity contribution in [3.63, 3.8) is 0 Å². The van der Waals surface area contributed by atoms with Gasteiger partial charge in [0.25, 0.3) is 0 Å². The van der Waals surface area contributed by atoms with Crippen molar-refractivity contribution >= 4 is 34.8 Å². The largest absolute Gasteiger partial charge is 0.311 e. The molecule has 0 amide bonds. The van der Waals surface area contributed by atoms with Crippen molar-refractivity contribution in [3.8, 4) is 6.07 Å². The average Bonchev–Trinajstić information content (AvgIpc) is 2.85. The first-order valence-corrected chi connectivity index (χ1v) is 10.1. The lowest BCUT2D eigenvalue weighted by Gasteiger charge is -2.25. The number of anilines is 3. The fourth-order valence-corrected chi connectivity index (χ4v) is 3.47. The molecule has 0 bridgehead atoms. The average molecular weight is 399 g/mol. The van der Waals surface area contributed by atoms with Crippen molar-refractivity contribution in [1.29, 1.82) is 5.26 Å². The van der Waals surface area contributed by atoms with Gasteiger partial charge in [-0.25, -0.2) is 0 Å². The van der Waals surface area contributed by atoms with Gasteiger partial charge in [0.2, 0.25) is 0 Å². The summed E-state index contributed by atoms with van der Waals surface area (Å²) in [5, 5.41) is 9.66. The molecule has 0 fully saturated rings. The first kappa shape index (κ1) is 19.9. The normalized spacial score (nSPS) is 10.9. The van der Waals surface area contributed by atoms with E-state index in [2.05, 4.69) is 53.9 Å². The summed E-state index contributed by atoms with van der Waals surface area (Å²) in [6, 6.07) is 39.0. The predicted molar refractivity (Wildman–Crippen MR) is 131 cm³/mol. The van der Waals surface area contributed by atoms with E-state index in [1.54, 1.807) is 6.08 Å². The third kappa shape index (κ3) is 4.63. The number of allylic oxidation sites excluding steroid dienone is 1. The molecule has 0 atom stereocenters. The summed E-state index contributed by atoms with van der Waals surface area (Å²) in [4.78, 5) is 2.21. The molecule has 148 valence electrons. The van der Waals surface area contributed by atoms with E-state index in [4.69, 9.17) is 0 Å². The highest BCUT2D eigenvalue weighted by atomic mass is 15.1. The Bertz CT molecular complexity index is 1170. The van der Waals surface area contributed by atoms with Crippen LogP contribution in [-0.2, 0) is 0 Å². The molecular formula is C29H22N2. The summed E-state index contributed by atoms with van der Waals surface area (Å²) in [7, 11) is 0. The molecule has 0 aliphatic heterocycles. The van der Waals surface area contributed by atoms with Crippen LogP contribution in [0, 0.1) is 11.3 Å². The number of hydrogen-bond acceptors (Lipinski definition) is 2. The summed E-state index contributed by atoms with van der Waals surface area (Å²) in [6.45, 7) is 3.78. The minimum absolute atomic E-state index is 0.631. The molecule has 0 aromatic heterocycles. The van der Waals surface area contributed by atoms with Gasteiger partial charge in [0.1, 0.15) is 0 Å². The van der Waals surface area contributed by atoms with E-state index in [1.165, 1.54) is 0 Å². The Morgan fingerprint density at radius 1 is 0.645 bits per heavy atom. The van der Waals surface area contributed by atoms with Crippen LogP contribution in [0.2, 0.25) is 0 Å². The Kier molecular flexibility index (Phi) is 6.07. The van der Waals surface area contributed by atoms with Crippen molar-refractivity contribution in [2.24, 2.45) is 0 Å². The molecule has 0 aliphatic carbocycles. The predicted octanol–water partition coefficient (Wildman–Crippen LogP) is 7.86. The van der Waals surface area contributed by atoms with Crippen LogP contribution in [0.3, 0.4) is 0 Å². The Morgan fingerprint density at radius 2 is 1.13 bits per heavy atom. The second-order valence-corrected chi connectivity index (χ2v) is 7.09. The summed E-state index contributed by atoms with van der Waals surface area (Å²) in [5.74, 6) is 0. The highest BCUT2D eigenvalue weighted by molar-refractivity contribution is 5.90. The van der Waals surface area contributed by atoms with Crippen molar-refractivity contribution in [1.82, 2.24) is 0 Å². The lowest BCUT2D eigenvalue weighted by atomic mass is 10.0. The number of nitrogens with zero attached hydrogens (tertiary/aromatic N) is 2. The van der Waals surface area contributed by atoms with E-state index in [0.717, 1.165) is 33.8 Å². The van der Waals surface area contributed by atoms with Crippen LogP contribution in [0.15, 0.2) is 116 Å². The van der Waals surface area contributed by atoms with Crippen LogP contribution >= 0.6 is 0 Å². The Labute approximate surface area is 183 Å². The SMILES string of the molecule is C=Cc1ccc(/C(C#N)=C/c2ccc(N(c3ccccc3)c3ccccc3)cc2)cc1. The molecule has 31 heavy (non-hydrogen) atoms. The Morgan fingerprint density at radius 3 is 1.61 bits per heavy atom. The molecule has 0 saturated carbocycles. The van der Waals surface area contributed by atoms with E-state index >= 15 is 0 Å². The molecule has 4 aromatic rings. The molecule has 0 unspecified atom stereocenters. The summed E-state index contributed by atoms with van der Waals surface area (Å²) < 4.78 is 0. The van der Waals surface area contributed by atoms with Gasteiger partial charge in [-0.2, -0.15) is 5.26 Å². The molecule has 2 heteroatoms. The Balaban J connectivity index is 1.67. The highest BCUT2D eigenvalue weighted by Crippen LogP contribution is 2.34. The van der Waals surface area contributed by atoms with Gasteiger partial charge in [-0.1, -0.05) is 85.5 Å². The second kappa shape index (κ2) is 9.43. The van der Waals surface area contributed by atoms with Gasteiger partial charge < -0.3 is 4.90 Å². The van der Waals surface area contributed by atoms with E-state index in [0.29, 0.717) is 5.57 Å². The minimum Gasteiger partial charge on any atom is -0.311 e. The van der Waals surface area contributed by atoms with Crippen molar-refractivity contribution in [2.45, 2.75) is 0 Å². The molecular weight excluding hydrogens is 376 g/mol. The van der Waals surface area contributed by atoms with Crippen molar-refractivity contribution in [3.05, 3.63) is 132 Å². The van der Waals surface area contributed by atoms with Crippen molar-refractivity contribution < 1.29 is 0 Å². The van der Waals surface area contributed by atoms with Crippen molar-refractivity contribution in [2.75, 3.05) is 4.90 Å². The smallest absolute Gasteiger partial charge is 0.0998 e. The monoisotopic (exact) mass is 398 g/mol. The van der Waals surface area contributed by atoms with Gasteiger partial charge in [-0.05, 0) is 59.2 Å². The van der Waals surface area contributed by atoms with Gasteiger partial charge in [-0.15, -0.1) is 0 Å². The topological polar surface area (TPSA) is 27.0 Å². The van der Waals surface area contributed by atoms with Gasteiger partial charge in [0.15, 0.2) is 0 Å². The molecule has 2 nitrogen and oxygen atoms in total. The lowest BCUT2D eigenvalue weighted by Crippen LogP contribution is -2.09. The van der Waals surface area contributed by atoms with Gasteiger partial charge >= 0.3 is 0 Å². The van der Waals surface area contributed by atoms with Crippen LogP contribution in [0.4, 0.5) is 17.1 Å². The zero-order valence-corrected chi connectivity index (χ0v) is 17.1. The molecule has 4 aromatic carbocycles. The standard InChI is InChI=1S/C29H22N2/c1-2-23-13-17-25(18-14-23)26(22-30)21-24-15-19-29(20-16-24)31(27-9-5-3-6-10-27)28-11-7-4-8-12-28/h2-21H,1H2/b26-21+. The lowest BCUT2D eigenvalue weighted by molar-refractivity contribution is 1.28. The van der Waals surface area contributed by atoms with Crippen LogP contribution in [0.25, 0.3) is 17.7 Å². The second-order valence-electron chi connectivity index (χ2n) is 7.09. The third-order valence-corrected chi connectivity index (χ3v) is 5.07. The minimum atomic E-state index is 0.631. The fraction of sp³-hybridized carbons (Fsp3) is 0. The van der Waals surface area contributed by atoms with Crippen LogP contribution in [-0.4, -0.2) is 0 Å². The maximum absolute atomic E-state index is 9.66. The summed E-state index contributed by atoms with van der Waals surface area (Å²) in [6.07, 6.45) is 3.71. The van der Waals surface area contributed by atoms with E-state index in [-0.39, 0.29) is 0 Å². The van der Waals surface area contributed by atoms with E-state index in [1.807, 2.05) is 78.9 Å². The van der Waals surface area contributed by atoms with Crippen LogP contribution in [0.5, 0.6) is 0 Å². The first-order chi connectivity index (χ1) is 15.3. The summed E-state index contributed by atoms with van der Waals surface area (Å²) in [5.41, 5.74) is 6.79. The molecule has 0 aliphatic rings. The molecule has 0 N–H and O–H groups in total. The Hall–Kier alpha value is -4.35. The molecule has 0 spiro atoms. The van der Waals surface area contributed by atoms with Gasteiger partial charge in [0.05, 0.1) is 11.6 Å². The third-order valence-electron chi connectivity index (χ3n) is 5.07. The number of hydrogen-bond donors (Lipinski definition) is 0. The molecule has 0 radical (unpaired) electrons. The number of nitriles is 1. The number of benzene rings is 4. The van der Waals surface area contributed by atoms with Gasteiger partial charge in [0, 0.05) is 17.1 Å². The fourth-order valence-electron chi connectivity index (χ4n) is 3.47. The maximum atomic E-state index is 9.66. The zero-order chi connectivity index (χ0) is 21.5. The van der Waals surface area contributed by atoms with E-state index < -0.39 is 0 Å². The first-order valence-electron chi connectivity index (χ1n) is 10.1. The van der Waals surface area contributed by atoms with E-state index in [9.17, 15) is 5.26 Å². The molecule has 4 rings (SSSR count). The molecule has 0 heterocycles. The van der Waals surface area contributed by atoms with Crippen LogP contribution < -0.4 is 4.90 Å². The molecule has 0 saturated heterocycles. The maximum Gasteiger partial charge on any atom is 0.0998 e. The van der Waals surface area contributed by atoms with Crippen LogP contribution in [0.1, 0.15) is 16.7 Å². The summed E-state index contributed by atoms with van der Waals surface area (Å²) >= 11 is 0. The number of rotatable bonds is 6. The van der Waals surface area contributed by atoms with Gasteiger partial charge in [-0.3, -0.25) is 0 Å². The zero-order valence-electron chi connectivity index (χ0n) is 17.1. The quantitative estimate of drug-likeness (QED) is 0.244. The highest BCUT2D eigenvalue weighted by Gasteiger charge is 2.11. The number of para-hydroxylation sites is 2.